The van der Waals surface area contributed by atoms with Crippen molar-refractivity contribution in [2.75, 3.05) is 0 Å². The molecule has 0 spiro atoms. The third kappa shape index (κ3) is 5.99. The number of unbranched alkanes of at least 4 members (excludes halogenated alkanes) is 3. The molecule has 0 aliphatic heterocycles. The van der Waals surface area contributed by atoms with Gasteiger partial charge in [-0.1, -0.05) is 44.8 Å². The van der Waals surface area contributed by atoms with Crippen LogP contribution in [0.4, 0.5) is 0 Å². The van der Waals surface area contributed by atoms with Gasteiger partial charge in [0.25, 0.3) is 0 Å². The fourth-order valence-corrected chi connectivity index (χ4v) is 2.38. The van der Waals surface area contributed by atoms with Gasteiger partial charge in [0.05, 0.1) is 6.10 Å². The van der Waals surface area contributed by atoms with Crippen molar-refractivity contribution < 1.29 is 5.11 Å². The fraction of sp³-hybridized carbons (Fsp3) is 0.857. The highest BCUT2D eigenvalue weighted by atomic mass is 16.3. The van der Waals surface area contributed by atoms with Crippen LogP contribution >= 0.6 is 0 Å². The molecule has 1 rings (SSSR count). The Balaban J connectivity index is 2.02. The minimum atomic E-state index is -0.0432. The maximum Gasteiger partial charge on any atom is 0.0543 e. The lowest BCUT2D eigenvalue weighted by Gasteiger charge is -2.20. The van der Waals surface area contributed by atoms with E-state index in [-0.39, 0.29) is 6.10 Å². The van der Waals surface area contributed by atoms with Crippen LogP contribution in [0.2, 0.25) is 0 Å². The SMILES string of the molecule is CCCCCCC(O)CC1CC=CCC1. The van der Waals surface area contributed by atoms with Gasteiger partial charge >= 0.3 is 0 Å². The molecule has 0 radical (unpaired) electrons. The Morgan fingerprint density at radius 2 is 2.13 bits per heavy atom. The first-order chi connectivity index (χ1) is 7.33. The maximum atomic E-state index is 9.88. The lowest BCUT2D eigenvalue weighted by molar-refractivity contribution is 0.127. The number of hydrogen-bond donors (Lipinski definition) is 1. The highest BCUT2D eigenvalue weighted by molar-refractivity contribution is 4.90. The molecule has 0 aromatic rings. The van der Waals surface area contributed by atoms with Crippen molar-refractivity contribution in [1.29, 1.82) is 0 Å². The molecular formula is C14H26O. The fourth-order valence-electron chi connectivity index (χ4n) is 2.38. The van der Waals surface area contributed by atoms with Gasteiger partial charge in [-0.25, -0.2) is 0 Å². The van der Waals surface area contributed by atoms with Gasteiger partial charge in [-0.2, -0.15) is 0 Å². The van der Waals surface area contributed by atoms with E-state index in [2.05, 4.69) is 19.1 Å². The Morgan fingerprint density at radius 1 is 1.27 bits per heavy atom. The van der Waals surface area contributed by atoms with E-state index in [4.69, 9.17) is 0 Å². The van der Waals surface area contributed by atoms with Gasteiger partial charge in [0, 0.05) is 0 Å². The molecule has 0 heterocycles. The minimum absolute atomic E-state index is 0.0432. The van der Waals surface area contributed by atoms with Crippen molar-refractivity contribution in [3.05, 3.63) is 12.2 Å². The molecule has 15 heavy (non-hydrogen) atoms. The van der Waals surface area contributed by atoms with Crippen LogP contribution in [0.1, 0.15) is 64.7 Å². The standard InChI is InChI=1S/C14H26O/c1-2-3-4-8-11-14(15)12-13-9-6-5-7-10-13/h5-6,13-15H,2-4,7-12H2,1H3. The van der Waals surface area contributed by atoms with E-state index in [1.54, 1.807) is 0 Å². The molecular weight excluding hydrogens is 184 g/mol. The monoisotopic (exact) mass is 210 g/mol. The molecule has 88 valence electrons. The highest BCUT2D eigenvalue weighted by Gasteiger charge is 2.14. The Bertz CT molecular complexity index is 174. The molecule has 1 nitrogen and oxygen atoms in total. The average molecular weight is 210 g/mol. The zero-order valence-electron chi connectivity index (χ0n) is 10.1. The predicted octanol–water partition coefficient (Wildman–Crippen LogP) is 4.06. The molecule has 0 saturated heterocycles. The summed E-state index contributed by atoms with van der Waals surface area (Å²) in [6, 6.07) is 0. The summed E-state index contributed by atoms with van der Waals surface area (Å²) < 4.78 is 0. The first-order valence-corrected chi connectivity index (χ1v) is 6.66. The second kappa shape index (κ2) is 7.92. The van der Waals surface area contributed by atoms with Gasteiger partial charge in [0.1, 0.15) is 0 Å². The molecule has 0 amide bonds. The summed E-state index contributed by atoms with van der Waals surface area (Å²) >= 11 is 0. The zero-order chi connectivity index (χ0) is 10.9. The molecule has 0 aromatic heterocycles. The summed E-state index contributed by atoms with van der Waals surface area (Å²) in [6.45, 7) is 2.23. The Morgan fingerprint density at radius 3 is 2.80 bits per heavy atom. The van der Waals surface area contributed by atoms with Gasteiger partial charge in [-0.15, -0.1) is 0 Å². The zero-order valence-corrected chi connectivity index (χ0v) is 10.1. The van der Waals surface area contributed by atoms with Crippen molar-refractivity contribution in [2.45, 2.75) is 70.8 Å². The van der Waals surface area contributed by atoms with Crippen LogP contribution < -0.4 is 0 Å². The molecule has 1 N–H and O–H groups in total. The van der Waals surface area contributed by atoms with Crippen LogP contribution in [-0.2, 0) is 0 Å². The molecule has 0 bridgehead atoms. The Labute approximate surface area is 94.6 Å². The molecule has 0 fully saturated rings. The van der Waals surface area contributed by atoms with Crippen LogP contribution in [0.15, 0.2) is 12.2 Å². The van der Waals surface area contributed by atoms with Gasteiger partial charge < -0.3 is 5.11 Å². The second-order valence-corrected chi connectivity index (χ2v) is 4.89. The van der Waals surface area contributed by atoms with Gasteiger partial charge in [-0.05, 0) is 38.0 Å². The molecule has 1 heteroatoms. The summed E-state index contributed by atoms with van der Waals surface area (Å²) in [4.78, 5) is 0. The van der Waals surface area contributed by atoms with E-state index >= 15 is 0 Å². The van der Waals surface area contributed by atoms with Crippen molar-refractivity contribution in [3.8, 4) is 0 Å². The van der Waals surface area contributed by atoms with E-state index in [9.17, 15) is 5.11 Å². The van der Waals surface area contributed by atoms with Crippen LogP contribution in [-0.4, -0.2) is 11.2 Å². The summed E-state index contributed by atoms with van der Waals surface area (Å²) in [5.41, 5.74) is 0. The summed E-state index contributed by atoms with van der Waals surface area (Å²) in [6.07, 6.45) is 15.3. The number of aliphatic hydroxyl groups is 1. The largest absolute Gasteiger partial charge is 0.393 e. The van der Waals surface area contributed by atoms with Gasteiger partial charge in [-0.3, -0.25) is 0 Å². The highest BCUT2D eigenvalue weighted by Crippen LogP contribution is 2.24. The van der Waals surface area contributed by atoms with Crippen molar-refractivity contribution in [1.82, 2.24) is 0 Å². The molecule has 2 atom stereocenters. The number of allylic oxidation sites excluding steroid dienone is 2. The Hall–Kier alpha value is -0.300. The minimum Gasteiger partial charge on any atom is -0.393 e. The normalized spacial score (nSPS) is 22.9. The van der Waals surface area contributed by atoms with Crippen molar-refractivity contribution >= 4 is 0 Å². The van der Waals surface area contributed by atoms with E-state index in [1.807, 2.05) is 0 Å². The van der Waals surface area contributed by atoms with Crippen molar-refractivity contribution in [2.24, 2.45) is 5.92 Å². The summed E-state index contributed by atoms with van der Waals surface area (Å²) in [5.74, 6) is 0.746. The van der Waals surface area contributed by atoms with Crippen LogP contribution in [0.5, 0.6) is 0 Å². The molecule has 0 aromatic carbocycles. The third-order valence-electron chi connectivity index (χ3n) is 3.37. The predicted molar refractivity (Wildman–Crippen MR) is 65.9 cm³/mol. The number of hydrogen-bond acceptors (Lipinski definition) is 1. The lowest BCUT2D eigenvalue weighted by atomic mass is 9.88. The summed E-state index contributed by atoms with van der Waals surface area (Å²) in [5, 5.41) is 9.88. The van der Waals surface area contributed by atoms with Crippen LogP contribution in [0, 0.1) is 5.92 Å². The molecule has 1 aliphatic rings. The Kier molecular flexibility index (Phi) is 6.74. The topological polar surface area (TPSA) is 20.2 Å². The van der Waals surface area contributed by atoms with E-state index in [1.165, 1.54) is 44.9 Å². The number of aliphatic hydroxyl groups excluding tert-OH is 1. The first kappa shape index (κ1) is 12.8. The average Bonchev–Trinajstić information content (AvgIpc) is 2.26. The quantitative estimate of drug-likeness (QED) is 0.496. The van der Waals surface area contributed by atoms with E-state index in [0.29, 0.717) is 0 Å². The molecule has 0 saturated carbocycles. The molecule has 2 unspecified atom stereocenters. The van der Waals surface area contributed by atoms with E-state index in [0.717, 1.165) is 18.8 Å². The lowest BCUT2D eigenvalue weighted by Crippen LogP contribution is -2.14. The summed E-state index contributed by atoms with van der Waals surface area (Å²) in [7, 11) is 0. The maximum absolute atomic E-state index is 9.88. The van der Waals surface area contributed by atoms with Gasteiger partial charge in [0.15, 0.2) is 0 Å². The smallest absolute Gasteiger partial charge is 0.0543 e. The van der Waals surface area contributed by atoms with Crippen LogP contribution in [0.3, 0.4) is 0 Å². The van der Waals surface area contributed by atoms with Crippen LogP contribution in [0.25, 0.3) is 0 Å². The van der Waals surface area contributed by atoms with E-state index < -0.39 is 0 Å². The first-order valence-electron chi connectivity index (χ1n) is 6.66. The van der Waals surface area contributed by atoms with Crippen molar-refractivity contribution in [3.63, 3.8) is 0 Å². The molecule has 1 aliphatic carbocycles. The second-order valence-electron chi connectivity index (χ2n) is 4.89. The van der Waals surface area contributed by atoms with Gasteiger partial charge in [0.2, 0.25) is 0 Å². The third-order valence-corrected chi connectivity index (χ3v) is 3.37. The number of rotatable bonds is 7.